The fourth-order valence-corrected chi connectivity index (χ4v) is 2.05. The Morgan fingerprint density at radius 2 is 1.83 bits per heavy atom. The highest BCUT2D eigenvalue weighted by Gasteiger charge is 2.05. The molecular weight excluding hydrogens is 294 g/mol. The molecule has 0 spiro atoms. The Balaban J connectivity index is 2.06. The van der Waals surface area contributed by atoms with Crippen LogP contribution in [0.2, 0.25) is 0 Å². The van der Waals surface area contributed by atoms with Crippen molar-refractivity contribution in [2.24, 2.45) is 0 Å². The van der Waals surface area contributed by atoms with Gasteiger partial charge in [0.15, 0.2) is 5.75 Å². The van der Waals surface area contributed by atoms with Crippen molar-refractivity contribution in [3.05, 3.63) is 52.5 Å². The smallest absolute Gasteiger partial charge is 0.156 e. The zero-order valence-electron chi connectivity index (χ0n) is 10.0. The van der Waals surface area contributed by atoms with Crippen LogP contribution in [0.3, 0.4) is 0 Å². The van der Waals surface area contributed by atoms with Gasteiger partial charge in [0.25, 0.3) is 0 Å². The average Bonchev–Trinajstić information content (AvgIpc) is 2.39. The number of nitrogen functional groups attached to an aromatic ring is 1. The van der Waals surface area contributed by atoms with Gasteiger partial charge in [-0.1, -0.05) is 18.2 Å². The third-order valence-corrected chi connectivity index (χ3v) is 3.16. The number of nitrogens with two attached hydrogens (primary N) is 1. The zero-order chi connectivity index (χ0) is 13.0. The summed E-state index contributed by atoms with van der Waals surface area (Å²) in [7, 11) is 1.65. The summed E-state index contributed by atoms with van der Waals surface area (Å²) in [5.41, 5.74) is 7.54. The van der Waals surface area contributed by atoms with Gasteiger partial charge in [-0.15, -0.1) is 0 Å². The molecule has 0 aromatic heterocycles. The zero-order valence-corrected chi connectivity index (χ0v) is 11.6. The minimum absolute atomic E-state index is 0.469. The van der Waals surface area contributed by atoms with Crippen molar-refractivity contribution in [3.63, 3.8) is 0 Å². The second-order valence-electron chi connectivity index (χ2n) is 3.79. The van der Waals surface area contributed by atoms with Gasteiger partial charge in [-0.25, -0.2) is 0 Å². The molecule has 3 nitrogen and oxygen atoms in total. The van der Waals surface area contributed by atoms with Crippen LogP contribution in [-0.4, -0.2) is 7.11 Å². The lowest BCUT2D eigenvalue weighted by atomic mass is 10.2. The van der Waals surface area contributed by atoms with Crippen LogP contribution in [0.1, 0.15) is 5.56 Å². The van der Waals surface area contributed by atoms with Gasteiger partial charge in [0.05, 0.1) is 17.3 Å². The van der Waals surface area contributed by atoms with Crippen LogP contribution in [-0.2, 0) is 6.61 Å². The van der Waals surface area contributed by atoms with Crippen LogP contribution in [0, 0.1) is 0 Å². The van der Waals surface area contributed by atoms with Crippen molar-refractivity contribution in [1.82, 2.24) is 0 Å². The molecule has 0 unspecified atom stereocenters. The van der Waals surface area contributed by atoms with Gasteiger partial charge in [0.2, 0.25) is 0 Å². The summed E-state index contributed by atoms with van der Waals surface area (Å²) in [5, 5.41) is 0. The van der Waals surface area contributed by atoms with E-state index < -0.39 is 0 Å². The Morgan fingerprint density at radius 1 is 1.11 bits per heavy atom. The van der Waals surface area contributed by atoms with E-state index in [9.17, 15) is 0 Å². The Kier molecular flexibility index (Phi) is 4.10. The molecule has 0 heterocycles. The van der Waals surface area contributed by atoms with E-state index in [1.807, 2.05) is 42.5 Å². The summed E-state index contributed by atoms with van der Waals surface area (Å²) in [4.78, 5) is 0. The molecule has 0 bridgehead atoms. The molecule has 0 amide bonds. The fraction of sp³-hybridized carbons (Fsp3) is 0.143. The molecule has 94 valence electrons. The SMILES string of the molecule is COc1ccc(COc2c(N)cccc2Br)cc1. The first-order valence-corrected chi connectivity index (χ1v) is 6.29. The Morgan fingerprint density at radius 3 is 2.44 bits per heavy atom. The molecule has 0 atom stereocenters. The molecule has 4 heteroatoms. The Hall–Kier alpha value is -1.68. The van der Waals surface area contributed by atoms with Crippen molar-refractivity contribution in [2.75, 3.05) is 12.8 Å². The third-order valence-electron chi connectivity index (χ3n) is 2.54. The van der Waals surface area contributed by atoms with Crippen LogP contribution in [0.25, 0.3) is 0 Å². The molecule has 0 fully saturated rings. The molecule has 0 aliphatic carbocycles. The standard InChI is InChI=1S/C14H14BrNO2/c1-17-11-7-5-10(6-8-11)9-18-14-12(15)3-2-4-13(14)16/h2-8H,9,16H2,1H3. The van der Waals surface area contributed by atoms with E-state index in [2.05, 4.69) is 15.9 Å². The monoisotopic (exact) mass is 307 g/mol. The van der Waals surface area contributed by atoms with Crippen LogP contribution in [0.4, 0.5) is 5.69 Å². The van der Waals surface area contributed by atoms with Crippen LogP contribution < -0.4 is 15.2 Å². The Labute approximate surface area is 115 Å². The molecule has 0 saturated heterocycles. The van der Waals surface area contributed by atoms with E-state index in [1.165, 1.54) is 0 Å². The number of hydrogen-bond donors (Lipinski definition) is 1. The van der Waals surface area contributed by atoms with Crippen molar-refractivity contribution in [2.45, 2.75) is 6.61 Å². The van der Waals surface area contributed by atoms with Crippen LogP contribution in [0.15, 0.2) is 46.9 Å². The van der Waals surface area contributed by atoms with Crippen LogP contribution >= 0.6 is 15.9 Å². The number of hydrogen-bond acceptors (Lipinski definition) is 3. The number of ether oxygens (including phenoxy) is 2. The first-order chi connectivity index (χ1) is 8.70. The molecule has 18 heavy (non-hydrogen) atoms. The molecule has 0 saturated carbocycles. The first kappa shape index (κ1) is 12.8. The van der Waals surface area contributed by atoms with Gasteiger partial charge in [-0.2, -0.15) is 0 Å². The predicted molar refractivity (Wildman–Crippen MR) is 75.9 cm³/mol. The minimum atomic E-state index is 0.469. The lowest BCUT2D eigenvalue weighted by molar-refractivity contribution is 0.306. The quantitative estimate of drug-likeness (QED) is 0.877. The van der Waals surface area contributed by atoms with Crippen molar-refractivity contribution in [1.29, 1.82) is 0 Å². The second-order valence-corrected chi connectivity index (χ2v) is 4.65. The highest BCUT2D eigenvalue weighted by atomic mass is 79.9. The topological polar surface area (TPSA) is 44.5 Å². The van der Waals surface area contributed by atoms with Gasteiger partial charge in [0.1, 0.15) is 12.4 Å². The molecule has 0 aliphatic rings. The lowest BCUT2D eigenvalue weighted by Gasteiger charge is -2.11. The summed E-state index contributed by atoms with van der Waals surface area (Å²) in [6.07, 6.45) is 0. The second kappa shape index (κ2) is 5.78. The first-order valence-electron chi connectivity index (χ1n) is 5.50. The number of methoxy groups -OCH3 is 1. The van der Waals surface area contributed by atoms with E-state index in [0.717, 1.165) is 15.8 Å². The van der Waals surface area contributed by atoms with E-state index in [0.29, 0.717) is 18.0 Å². The van der Waals surface area contributed by atoms with Gasteiger partial charge >= 0.3 is 0 Å². The Bertz CT molecular complexity index is 506. The molecular formula is C14H14BrNO2. The maximum atomic E-state index is 5.86. The number of anilines is 1. The highest BCUT2D eigenvalue weighted by Crippen LogP contribution is 2.31. The van der Waals surface area contributed by atoms with Gasteiger partial charge < -0.3 is 15.2 Å². The van der Waals surface area contributed by atoms with Gasteiger partial charge in [-0.3, -0.25) is 0 Å². The van der Waals surface area contributed by atoms with Crippen molar-refractivity contribution in [3.8, 4) is 11.5 Å². The van der Waals surface area contributed by atoms with Crippen molar-refractivity contribution < 1.29 is 9.47 Å². The van der Waals surface area contributed by atoms with E-state index >= 15 is 0 Å². The van der Waals surface area contributed by atoms with E-state index in [-0.39, 0.29) is 0 Å². The van der Waals surface area contributed by atoms with E-state index in [4.69, 9.17) is 15.2 Å². The summed E-state index contributed by atoms with van der Waals surface area (Å²) in [6, 6.07) is 13.3. The van der Waals surface area contributed by atoms with E-state index in [1.54, 1.807) is 7.11 Å². The largest absolute Gasteiger partial charge is 0.497 e. The maximum absolute atomic E-state index is 5.86. The number of para-hydroxylation sites is 1. The minimum Gasteiger partial charge on any atom is -0.497 e. The van der Waals surface area contributed by atoms with Gasteiger partial charge in [-0.05, 0) is 45.8 Å². The lowest BCUT2D eigenvalue weighted by Crippen LogP contribution is -1.99. The number of rotatable bonds is 4. The van der Waals surface area contributed by atoms with Gasteiger partial charge in [0, 0.05) is 0 Å². The number of benzene rings is 2. The average molecular weight is 308 g/mol. The summed E-state index contributed by atoms with van der Waals surface area (Å²) in [6.45, 7) is 0.469. The predicted octanol–water partition coefficient (Wildman–Crippen LogP) is 3.62. The molecule has 2 rings (SSSR count). The summed E-state index contributed by atoms with van der Waals surface area (Å²) < 4.78 is 11.7. The molecule has 2 N–H and O–H groups in total. The fourth-order valence-electron chi connectivity index (χ4n) is 1.56. The molecule has 0 aliphatic heterocycles. The van der Waals surface area contributed by atoms with Crippen LogP contribution in [0.5, 0.6) is 11.5 Å². The maximum Gasteiger partial charge on any atom is 0.156 e. The molecule has 2 aromatic rings. The third kappa shape index (κ3) is 2.96. The van der Waals surface area contributed by atoms with Crippen molar-refractivity contribution >= 4 is 21.6 Å². The normalized spacial score (nSPS) is 10.1. The number of halogens is 1. The summed E-state index contributed by atoms with van der Waals surface area (Å²) >= 11 is 3.42. The highest BCUT2D eigenvalue weighted by molar-refractivity contribution is 9.10. The summed E-state index contributed by atoms with van der Waals surface area (Å²) in [5.74, 6) is 1.51. The molecule has 0 radical (unpaired) electrons. The molecule has 2 aromatic carbocycles.